The normalized spacial score (nSPS) is 12.5. The number of halogens is 3. The van der Waals surface area contributed by atoms with Gasteiger partial charge in [-0.05, 0) is 24.1 Å². The van der Waals surface area contributed by atoms with Crippen molar-refractivity contribution in [3.8, 4) is 0 Å². The first-order chi connectivity index (χ1) is 6.13. The van der Waals surface area contributed by atoms with Gasteiger partial charge in [0.15, 0.2) is 0 Å². The lowest BCUT2D eigenvalue weighted by atomic mass is 10.1. The molecule has 1 nitrogen and oxygen atoms in total. The van der Waals surface area contributed by atoms with Gasteiger partial charge in [-0.2, -0.15) is 0 Å². The molecule has 1 aromatic carbocycles. The number of carbonyl (C=O) groups excluding carboxylic acids is 1. The van der Waals surface area contributed by atoms with Gasteiger partial charge in [0.1, 0.15) is 6.29 Å². The van der Waals surface area contributed by atoms with Crippen LogP contribution in [-0.2, 0) is 11.2 Å². The third-order valence-corrected chi connectivity index (χ3v) is 2.84. The Morgan fingerprint density at radius 3 is 2.62 bits per heavy atom. The highest BCUT2D eigenvalue weighted by Crippen LogP contribution is 2.23. The van der Waals surface area contributed by atoms with Crippen LogP contribution in [-0.4, -0.2) is 11.1 Å². The zero-order valence-corrected chi connectivity index (χ0v) is 9.73. The van der Waals surface area contributed by atoms with E-state index in [2.05, 4.69) is 15.9 Å². The molecule has 0 fully saturated rings. The minimum Gasteiger partial charge on any atom is -0.302 e. The van der Waals surface area contributed by atoms with E-state index in [0.29, 0.717) is 16.5 Å². The Kier molecular flexibility index (Phi) is 4.23. The summed E-state index contributed by atoms with van der Waals surface area (Å²) in [5, 5.41) is 1.05. The molecule has 1 unspecified atom stereocenters. The Morgan fingerprint density at radius 1 is 1.38 bits per heavy atom. The van der Waals surface area contributed by atoms with Crippen LogP contribution in [0.25, 0.3) is 0 Å². The third kappa shape index (κ3) is 3.29. The van der Waals surface area contributed by atoms with E-state index in [1.807, 2.05) is 6.07 Å². The first-order valence-electron chi connectivity index (χ1n) is 3.67. The Balaban J connectivity index is 2.79. The van der Waals surface area contributed by atoms with Crippen LogP contribution in [0, 0.1) is 0 Å². The van der Waals surface area contributed by atoms with E-state index in [4.69, 9.17) is 23.2 Å². The predicted octanol–water partition coefficient (Wildman–Crippen LogP) is 3.50. The Hall–Kier alpha value is -0.0500. The Labute approximate surface area is 95.2 Å². The molecular weight excluding hydrogens is 275 g/mol. The van der Waals surface area contributed by atoms with E-state index < -0.39 is 0 Å². The molecule has 0 saturated heterocycles. The molecule has 0 saturated carbocycles. The van der Waals surface area contributed by atoms with Crippen LogP contribution < -0.4 is 0 Å². The lowest BCUT2D eigenvalue weighted by Gasteiger charge is -2.03. The molecule has 70 valence electrons. The summed E-state index contributed by atoms with van der Waals surface area (Å²) in [5.41, 5.74) is 0.989. The van der Waals surface area contributed by atoms with Crippen molar-refractivity contribution in [2.45, 2.75) is 11.2 Å². The summed E-state index contributed by atoms with van der Waals surface area (Å²) in [4.78, 5) is 10.2. The molecular formula is C9H7BrCl2O. The second kappa shape index (κ2) is 4.99. The van der Waals surface area contributed by atoms with Crippen LogP contribution in [0.3, 0.4) is 0 Å². The Morgan fingerprint density at radius 2 is 2.08 bits per heavy atom. The van der Waals surface area contributed by atoms with Gasteiger partial charge in [0.25, 0.3) is 0 Å². The van der Waals surface area contributed by atoms with Gasteiger partial charge in [0, 0.05) is 0 Å². The second-order valence-corrected chi connectivity index (χ2v) is 4.60. The van der Waals surface area contributed by atoms with Crippen molar-refractivity contribution < 1.29 is 4.79 Å². The zero-order valence-electron chi connectivity index (χ0n) is 6.64. The number of rotatable bonds is 3. The number of carbonyl (C=O) groups is 1. The molecule has 0 N–H and O–H groups in total. The largest absolute Gasteiger partial charge is 0.302 e. The zero-order chi connectivity index (χ0) is 9.84. The number of alkyl halides is 1. The molecule has 0 aliphatic heterocycles. The third-order valence-electron chi connectivity index (χ3n) is 1.56. The highest BCUT2D eigenvalue weighted by molar-refractivity contribution is 9.09. The van der Waals surface area contributed by atoms with Crippen LogP contribution in [0.2, 0.25) is 10.0 Å². The summed E-state index contributed by atoms with van der Waals surface area (Å²) in [6.45, 7) is 0. The highest BCUT2D eigenvalue weighted by atomic mass is 79.9. The second-order valence-electron chi connectivity index (χ2n) is 2.60. The van der Waals surface area contributed by atoms with Crippen molar-refractivity contribution in [3.05, 3.63) is 33.8 Å². The summed E-state index contributed by atoms with van der Waals surface area (Å²) in [5.74, 6) is 0. The van der Waals surface area contributed by atoms with Gasteiger partial charge in [-0.25, -0.2) is 0 Å². The van der Waals surface area contributed by atoms with E-state index in [9.17, 15) is 4.79 Å². The maximum Gasteiger partial charge on any atom is 0.133 e. The van der Waals surface area contributed by atoms with Crippen molar-refractivity contribution in [2.24, 2.45) is 0 Å². The SMILES string of the molecule is O=CC(Br)Cc1ccc(Cl)c(Cl)c1. The lowest BCUT2D eigenvalue weighted by molar-refractivity contribution is -0.107. The fraction of sp³-hybridized carbons (Fsp3) is 0.222. The molecule has 1 aromatic rings. The van der Waals surface area contributed by atoms with Gasteiger partial charge in [-0.15, -0.1) is 0 Å². The molecule has 0 bridgehead atoms. The number of aldehydes is 1. The number of benzene rings is 1. The molecule has 13 heavy (non-hydrogen) atoms. The molecule has 0 heterocycles. The molecule has 4 heteroatoms. The van der Waals surface area contributed by atoms with E-state index in [1.165, 1.54) is 0 Å². The summed E-state index contributed by atoms with van der Waals surface area (Å²) < 4.78 is 0. The minimum atomic E-state index is -0.162. The van der Waals surface area contributed by atoms with Crippen LogP contribution in [0.4, 0.5) is 0 Å². The standard InChI is InChI=1S/C9H7BrCl2O/c10-7(5-13)3-6-1-2-8(11)9(12)4-6/h1-2,4-5,7H,3H2. The molecule has 0 spiro atoms. The van der Waals surface area contributed by atoms with Crippen LogP contribution in [0.1, 0.15) is 5.56 Å². The van der Waals surface area contributed by atoms with Crippen molar-refractivity contribution in [1.29, 1.82) is 0 Å². The quantitative estimate of drug-likeness (QED) is 0.612. The first-order valence-corrected chi connectivity index (χ1v) is 5.34. The minimum absolute atomic E-state index is 0.162. The predicted molar refractivity (Wildman–Crippen MR) is 58.9 cm³/mol. The van der Waals surface area contributed by atoms with E-state index in [1.54, 1.807) is 12.1 Å². The summed E-state index contributed by atoms with van der Waals surface area (Å²) in [7, 11) is 0. The average molecular weight is 282 g/mol. The molecule has 0 aliphatic carbocycles. The summed E-state index contributed by atoms with van der Waals surface area (Å²) in [6.07, 6.45) is 1.48. The lowest BCUT2D eigenvalue weighted by Crippen LogP contribution is -2.03. The molecule has 0 aromatic heterocycles. The van der Waals surface area contributed by atoms with Gasteiger partial charge < -0.3 is 4.79 Å². The molecule has 0 aliphatic rings. The van der Waals surface area contributed by atoms with Crippen LogP contribution >= 0.6 is 39.1 Å². The van der Waals surface area contributed by atoms with Crippen molar-refractivity contribution in [1.82, 2.24) is 0 Å². The monoisotopic (exact) mass is 280 g/mol. The maximum absolute atomic E-state index is 10.4. The molecule has 0 amide bonds. The number of hydrogen-bond donors (Lipinski definition) is 0. The first kappa shape index (κ1) is 11.0. The van der Waals surface area contributed by atoms with Gasteiger partial charge >= 0.3 is 0 Å². The Bertz CT molecular complexity index is 314. The van der Waals surface area contributed by atoms with Crippen molar-refractivity contribution >= 4 is 45.4 Å². The van der Waals surface area contributed by atoms with Gasteiger partial charge in [-0.3, -0.25) is 0 Å². The van der Waals surface area contributed by atoms with Crippen molar-refractivity contribution in [2.75, 3.05) is 0 Å². The molecule has 0 radical (unpaired) electrons. The van der Waals surface area contributed by atoms with Crippen LogP contribution in [0.15, 0.2) is 18.2 Å². The highest BCUT2D eigenvalue weighted by Gasteiger charge is 2.05. The van der Waals surface area contributed by atoms with E-state index in [-0.39, 0.29) is 4.83 Å². The van der Waals surface area contributed by atoms with Gasteiger partial charge in [0.05, 0.1) is 14.9 Å². The van der Waals surface area contributed by atoms with Gasteiger partial charge in [0.2, 0.25) is 0 Å². The summed E-state index contributed by atoms with van der Waals surface area (Å²) >= 11 is 14.8. The fourth-order valence-corrected chi connectivity index (χ4v) is 1.63. The molecule has 1 atom stereocenters. The van der Waals surface area contributed by atoms with Gasteiger partial charge in [-0.1, -0.05) is 45.2 Å². The van der Waals surface area contributed by atoms with Crippen molar-refractivity contribution in [3.63, 3.8) is 0 Å². The maximum atomic E-state index is 10.4. The van der Waals surface area contributed by atoms with E-state index in [0.717, 1.165) is 11.8 Å². The topological polar surface area (TPSA) is 17.1 Å². The summed E-state index contributed by atoms with van der Waals surface area (Å²) in [6, 6.07) is 5.34. The van der Waals surface area contributed by atoms with Crippen LogP contribution in [0.5, 0.6) is 0 Å². The fourth-order valence-electron chi connectivity index (χ4n) is 0.940. The molecule has 1 rings (SSSR count). The smallest absolute Gasteiger partial charge is 0.133 e. The van der Waals surface area contributed by atoms with E-state index >= 15 is 0 Å². The number of hydrogen-bond acceptors (Lipinski definition) is 1. The average Bonchev–Trinajstić information content (AvgIpc) is 2.11.